The minimum atomic E-state index is -1.21. The lowest BCUT2D eigenvalue weighted by Gasteiger charge is -2.19. The molecular formula is C29H32ClN5O4. The van der Waals surface area contributed by atoms with E-state index in [0.717, 1.165) is 22.6 Å². The van der Waals surface area contributed by atoms with Crippen LogP contribution in [0.25, 0.3) is 17.1 Å². The summed E-state index contributed by atoms with van der Waals surface area (Å²) in [5.41, 5.74) is 2.51. The zero-order chi connectivity index (χ0) is 28.2. The molecule has 0 aliphatic carbocycles. The van der Waals surface area contributed by atoms with Gasteiger partial charge in [-0.25, -0.2) is 9.97 Å². The van der Waals surface area contributed by atoms with Gasteiger partial charge in [0.1, 0.15) is 28.7 Å². The summed E-state index contributed by atoms with van der Waals surface area (Å²) in [4.78, 5) is 26.9. The Kier molecular flexibility index (Phi) is 8.64. The van der Waals surface area contributed by atoms with Crippen molar-refractivity contribution < 1.29 is 14.6 Å². The number of likely N-dealkylation sites (N-methyl/N-ethyl adjacent to an activating group) is 1. The molecule has 0 unspecified atom stereocenters. The van der Waals surface area contributed by atoms with Crippen LogP contribution in [0, 0.1) is 6.92 Å². The Balaban J connectivity index is 1.76. The van der Waals surface area contributed by atoms with Crippen molar-refractivity contribution in [3.63, 3.8) is 0 Å². The summed E-state index contributed by atoms with van der Waals surface area (Å²) in [6.07, 6.45) is 3.81. The van der Waals surface area contributed by atoms with Crippen LogP contribution in [0.4, 0.5) is 0 Å². The molecule has 9 nitrogen and oxygen atoms in total. The molecule has 0 aliphatic heterocycles. The van der Waals surface area contributed by atoms with Crippen LogP contribution in [0.15, 0.2) is 59.7 Å². The molecule has 0 bridgehead atoms. The minimum absolute atomic E-state index is 0.0131. The van der Waals surface area contributed by atoms with E-state index in [9.17, 15) is 9.90 Å². The number of halogens is 1. The van der Waals surface area contributed by atoms with Crippen molar-refractivity contribution in [1.29, 1.82) is 0 Å². The highest BCUT2D eigenvalue weighted by Crippen LogP contribution is 2.28. The zero-order valence-corrected chi connectivity index (χ0v) is 23.4. The number of methoxy groups -OCH3 is 1. The van der Waals surface area contributed by atoms with Crippen LogP contribution in [-0.2, 0) is 18.6 Å². The number of nitrogens with one attached hydrogen (secondary N) is 1. The number of hydrogen-bond donors (Lipinski definition) is 2. The predicted molar refractivity (Wildman–Crippen MR) is 151 cm³/mol. The molecule has 4 rings (SSSR count). The number of aromatic nitrogens is 4. The lowest BCUT2D eigenvalue weighted by atomic mass is 10.1. The van der Waals surface area contributed by atoms with Gasteiger partial charge in [0.05, 0.1) is 24.2 Å². The Morgan fingerprint density at radius 3 is 2.51 bits per heavy atom. The molecular weight excluding hydrogens is 518 g/mol. The Bertz CT molecular complexity index is 1510. The topological polar surface area (TPSA) is 111 Å². The number of aryl methyl sites for hydroxylation is 1. The van der Waals surface area contributed by atoms with Crippen LogP contribution in [0.3, 0.4) is 0 Å². The summed E-state index contributed by atoms with van der Waals surface area (Å²) in [5.74, 6) is 1.34. The number of pyridine rings is 2. The first-order valence-corrected chi connectivity index (χ1v) is 12.9. The van der Waals surface area contributed by atoms with E-state index in [0.29, 0.717) is 35.8 Å². The van der Waals surface area contributed by atoms with Crippen LogP contribution in [-0.4, -0.2) is 45.3 Å². The molecule has 4 aromatic rings. The Labute approximate surface area is 232 Å². The van der Waals surface area contributed by atoms with Gasteiger partial charge >= 0.3 is 0 Å². The smallest absolute Gasteiger partial charge is 0.277 e. The lowest BCUT2D eigenvalue weighted by Crippen LogP contribution is -2.26. The van der Waals surface area contributed by atoms with Crippen LogP contribution >= 0.6 is 11.6 Å². The highest BCUT2D eigenvalue weighted by atomic mass is 35.5. The summed E-state index contributed by atoms with van der Waals surface area (Å²) in [5, 5.41) is 13.5. The number of hydrogen-bond acceptors (Lipinski definition) is 8. The van der Waals surface area contributed by atoms with Gasteiger partial charge in [-0.05, 0) is 63.2 Å². The van der Waals surface area contributed by atoms with E-state index in [1.54, 1.807) is 56.1 Å². The molecule has 204 valence electrons. The van der Waals surface area contributed by atoms with Gasteiger partial charge < -0.3 is 19.9 Å². The molecule has 0 radical (unpaired) electrons. The van der Waals surface area contributed by atoms with Crippen molar-refractivity contribution in [2.75, 3.05) is 20.7 Å². The number of ether oxygens (including phenoxy) is 2. The first kappa shape index (κ1) is 28.2. The minimum Gasteiger partial charge on any atom is -0.497 e. The van der Waals surface area contributed by atoms with E-state index in [1.807, 2.05) is 38.2 Å². The largest absolute Gasteiger partial charge is 0.497 e. The first-order chi connectivity index (χ1) is 18.6. The Morgan fingerprint density at radius 2 is 1.85 bits per heavy atom. The fourth-order valence-corrected chi connectivity index (χ4v) is 4.19. The fourth-order valence-electron chi connectivity index (χ4n) is 3.99. The van der Waals surface area contributed by atoms with Gasteiger partial charge in [0.15, 0.2) is 5.82 Å². The van der Waals surface area contributed by atoms with Crippen LogP contribution in [0.1, 0.15) is 36.5 Å². The van der Waals surface area contributed by atoms with Gasteiger partial charge in [-0.1, -0.05) is 23.7 Å². The molecule has 0 saturated carbocycles. The zero-order valence-electron chi connectivity index (χ0n) is 22.7. The van der Waals surface area contributed by atoms with E-state index < -0.39 is 11.2 Å². The second-order valence-electron chi connectivity index (χ2n) is 9.63. The van der Waals surface area contributed by atoms with Gasteiger partial charge in [-0.3, -0.25) is 14.3 Å². The van der Waals surface area contributed by atoms with E-state index in [4.69, 9.17) is 21.1 Å². The molecule has 0 spiro atoms. The van der Waals surface area contributed by atoms with Crippen LogP contribution in [0.2, 0.25) is 5.02 Å². The predicted octanol–water partition coefficient (Wildman–Crippen LogP) is 4.23. The standard InChI is InChI=1S/C29H32ClN5O4/c1-18-16-33-23(22-11-13-32-28(34-22)29(2,3)37)15-24(18)35-20(10-12-31-4)14-25(26(30)27(35)36)39-17-19-6-8-21(38-5)9-7-19/h6-9,11,13-16,31,37H,10,12,17H2,1-5H3. The maximum Gasteiger partial charge on any atom is 0.277 e. The normalized spacial score (nSPS) is 11.5. The third kappa shape index (κ3) is 6.44. The number of aliphatic hydroxyl groups is 1. The second kappa shape index (κ2) is 11.9. The molecule has 2 N–H and O–H groups in total. The highest BCUT2D eigenvalue weighted by molar-refractivity contribution is 6.31. The summed E-state index contributed by atoms with van der Waals surface area (Å²) < 4.78 is 12.8. The first-order valence-electron chi connectivity index (χ1n) is 12.5. The molecule has 0 aliphatic rings. The van der Waals surface area contributed by atoms with E-state index in [1.165, 1.54) is 0 Å². The highest BCUT2D eigenvalue weighted by Gasteiger charge is 2.22. The number of benzene rings is 1. The van der Waals surface area contributed by atoms with E-state index >= 15 is 0 Å². The Morgan fingerprint density at radius 1 is 1.10 bits per heavy atom. The number of nitrogens with zero attached hydrogens (tertiary/aromatic N) is 4. The number of rotatable bonds is 10. The third-order valence-electron chi connectivity index (χ3n) is 6.16. The molecule has 39 heavy (non-hydrogen) atoms. The molecule has 0 amide bonds. The van der Waals surface area contributed by atoms with Gasteiger partial charge in [0.25, 0.3) is 5.56 Å². The van der Waals surface area contributed by atoms with Crippen molar-refractivity contribution >= 4 is 11.6 Å². The summed E-state index contributed by atoms with van der Waals surface area (Å²) in [7, 11) is 3.46. The van der Waals surface area contributed by atoms with Crippen LogP contribution in [0.5, 0.6) is 11.5 Å². The average Bonchev–Trinajstić information content (AvgIpc) is 2.93. The van der Waals surface area contributed by atoms with Crippen molar-refractivity contribution in [2.45, 2.75) is 39.4 Å². The molecule has 0 saturated heterocycles. The fraction of sp³-hybridized carbons (Fsp3) is 0.310. The summed E-state index contributed by atoms with van der Waals surface area (Å²) in [6.45, 7) is 6.00. The lowest BCUT2D eigenvalue weighted by molar-refractivity contribution is 0.0688. The molecule has 0 atom stereocenters. The van der Waals surface area contributed by atoms with E-state index in [2.05, 4.69) is 20.3 Å². The van der Waals surface area contributed by atoms with Crippen molar-refractivity contribution in [2.24, 2.45) is 0 Å². The van der Waals surface area contributed by atoms with Crippen molar-refractivity contribution in [3.05, 3.63) is 92.9 Å². The average molecular weight is 550 g/mol. The quantitative estimate of drug-likeness (QED) is 0.302. The second-order valence-corrected chi connectivity index (χ2v) is 10.0. The monoisotopic (exact) mass is 549 g/mol. The Hall–Kier alpha value is -3.79. The maximum atomic E-state index is 13.7. The van der Waals surface area contributed by atoms with Crippen LogP contribution < -0.4 is 20.3 Å². The van der Waals surface area contributed by atoms with Gasteiger partial charge in [0.2, 0.25) is 0 Å². The van der Waals surface area contributed by atoms with Gasteiger partial charge in [0, 0.05) is 37.1 Å². The van der Waals surface area contributed by atoms with Gasteiger partial charge in [-0.15, -0.1) is 0 Å². The summed E-state index contributed by atoms with van der Waals surface area (Å²) >= 11 is 6.59. The summed E-state index contributed by atoms with van der Waals surface area (Å²) in [6, 6.07) is 12.8. The molecule has 1 aromatic carbocycles. The molecule has 3 heterocycles. The van der Waals surface area contributed by atoms with Crippen molar-refractivity contribution in [3.8, 4) is 28.6 Å². The third-order valence-corrected chi connectivity index (χ3v) is 6.51. The SMILES string of the molecule is CNCCc1cc(OCc2ccc(OC)cc2)c(Cl)c(=O)n1-c1cc(-c2ccnc(C(C)(C)O)n2)ncc1C. The molecule has 0 fully saturated rings. The van der Waals surface area contributed by atoms with Gasteiger partial charge in [-0.2, -0.15) is 0 Å². The van der Waals surface area contributed by atoms with Crippen molar-refractivity contribution in [1.82, 2.24) is 24.8 Å². The van der Waals surface area contributed by atoms with E-state index in [-0.39, 0.29) is 17.5 Å². The maximum absolute atomic E-state index is 13.7. The molecule has 10 heteroatoms. The molecule has 3 aromatic heterocycles.